The molecule has 6 nitrogen and oxygen atoms in total. The second-order valence-corrected chi connectivity index (χ2v) is 7.88. The van der Waals surface area contributed by atoms with Gasteiger partial charge < -0.3 is 24.4 Å². The second kappa shape index (κ2) is 9.42. The molecule has 1 atom stereocenters. The molecular formula is C24H18Cl2O6. The Morgan fingerprint density at radius 3 is 2.50 bits per heavy atom. The van der Waals surface area contributed by atoms with Gasteiger partial charge in [-0.3, -0.25) is 0 Å². The van der Waals surface area contributed by atoms with Crippen molar-refractivity contribution < 1.29 is 29.2 Å². The fourth-order valence-corrected chi connectivity index (χ4v) is 3.46. The second-order valence-electron chi connectivity index (χ2n) is 7.06. The van der Waals surface area contributed by atoms with Gasteiger partial charge in [0.25, 0.3) is 0 Å². The van der Waals surface area contributed by atoms with Crippen LogP contribution in [-0.2, 0) is 11.4 Å². The normalized spacial score (nSPS) is 15.3. The summed E-state index contributed by atoms with van der Waals surface area (Å²) in [5.74, 6) is -0.431. The van der Waals surface area contributed by atoms with Crippen molar-refractivity contribution in [2.45, 2.75) is 12.7 Å². The third-order valence-electron chi connectivity index (χ3n) is 4.79. The third kappa shape index (κ3) is 5.10. The van der Waals surface area contributed by atoms with E-state index < -0.39 is 11.7 Å². The predicted molar refractivity (Wildman–Crippen MR) is 121 cm³/mol. The molecule has 164 valence electrons. The van der Waals surface area contributed by atoms with Gasteiger partial charge in [-0.05, 0) is 59.2 Å². The van der Waals surface area contributed by atoms with Gasteiger partial charge in [-0.15, -0.1) is 0 Å². The Labute approximate surface area is 194 Å². The number of carboxylic acid groups (broad SMARTS) is 1. The van der Waals surface area contributed by atoms with Crippen LogP contribution in [-0.4, -0.2) is 22.8 Å². The molecule has 0 saturated heterocycles. The number of hydrogen-bond donors (Lipinski definition) is 2. The summed E-state index contributed by atoms with van der Waals surface area (Å²) in [4.78, 5) is 10.8. The van der Waals surface area contributed by atoms with E-state index >= 15 is 0 Å². The number of rotatable bonds is 6. The van der Waals surface area contributed by atoms with Crippen molar-refractivity contribution in [1.82, 2.24) is 0 Å². The van der Waals surface area contributed by atoms with Crippen LogP contribution in [0.15, 0.2) is 66.4 Å². The van der Waals surface area contributed by atoms with Gasteiger partial charge in [-0.25, -0.2) is 4.79 Å². The number of aliphatic hydroxyl groups is 1. The van der Waals surface area contributed by atoms with Crippen LogP contribution in [0.1, 0.15) is 22.8 Å². The van der Waals surface area contributed by atoms with Crippen LogP contribution in [0.4, 0.5) is 0 Å². The average Bonchev–Trinajstić information content (AvgIpc) is 2.80. The Kier molecular flexibility index (Phi) is 6.44. The molecule has 3 aromatic rings. The lowest BCUT2D eigenvalue weighted by molar-refractivity contribution is -0.135. The van der Waals surface area contributed by atoms with Gasteiger partial charge in [0.1, 0.15) is 19.0 Å². The zero-order valence-corrected chi connectivity index (χ0v) is 18.1. The molecule has 0 spiro atoms. The number of fused-ring (bicyclic) bond motifs is 1. The zero-order valence-electron chi connectivity index (χ0n) is 16.6. The van der Waals surface area contributed by atoms with Crippen molar-refractivity contribution >= 4 is 35.2 Å². The lowest BCUT2D eigenvalue weighted by Crippen LogP contribution is -2.21. The summed E-state index contributed by atoms with van der Waals surface area (Å²) in [6, 6.07) is 17.8. The van der Waals surface area contributed by atoms with Gasteiger partial charge in [0.15, 0.2) is 17.6 Å². The first-order valence-electron chi connectivity index (χ1n) is 9.63. The monoisotopic (exact) mass is 472 g/mol. The Bertz CT molecular complexity index is 1170. The molecule has 0 amide bonds. The lowest BCUT2D eigenvalue weighted by atomic mass is 10.1. The number of carboxylic acids is 1. The summed E-state index contributed by atoms with van der Waals surface area (Å²) >= 11 is 12.0. The molecule has 0 aromatic heterocycles. The number of halogens is 2. The molecule has 8 heteroatoms. The van der Waals surface area contributed by atoms with Crippen LogP contribution in [0.2, 0.25) is 10.0 Å². The van der Waals surface area contributed by atoms with Crippen LogP contribution in [0.3, 0.4) is 0 Å². The van der Waals surface area contributed by atoms with Crippen molar-refractivity contribution in [2.75, 3.05) is 6.61 Å². The molecule has 1 aliphatic heterocycles. The molecule has 1 aliphatic rings. The molecule has 0 bridgehead atoms. The van der Waals surface area contributed by atoms with Crippen LogP contribution in [0, 0.1) is 0 Å². The van der Waals surface area contributed by atoms with Crippen LogP contribution in [0.5, 0.6) is 17.2 Å². The van der Waals surface area contributed by atoms with E-state index in [2.05, 4.69) is 0 Å². The van der Waals surface area contributed by atoms with E-state index in [9.17, 15) is 9.90 Å². The summed E-state index contributed by atoms with van der Waals surface area (Å²) in [5.41, 5.74) is 2.33. The molecule has 0 aliphatic carbocycles. The Balaban J connectivity index is 1.39. The van der Waals surface area contributed by atoms with E-state index in [0.29, 0.717) is 39.5 Å². The number of aliphatic hydroxyl groups excluding tert-OH is 1. The first kappa shape index (κ1) is 21.9. The highest BCUT2D eigenvalue weighted by Crippen LogP contribution is 2.37. The van der Waals surface area contributed by atoms with Crippen molar-refractivity contribution in [2.24, 2.45) is 0 Å². The molecule has 4 rings (SSSR count). The molecule has 1 heterocycles. The van der Waals surface area contributed by atoms with E-state index in [1.165, 1.54) is 0 Å². The average molecular weight is 473 g/mol. The third-order valence-corrected chi connectivity index (χ3v) is 5.53. The van der Waals surface area contributed by atoms with Crippen molar-refractivity contribution in [3.8, 4) is 17.2 Å². The molecule has 0 radical (unpaired) electrons. The van der Waals surface area contributed by atoms with E-state index in [-0.39, 0.29) is 12.7 Å². The minimum atomic E-state index is -1.40. The quantitative estimate of drug-likeness (QED) is 0.334. The van der Waals surface area contributed by atoms with E-state index in [1.54, 1.807) is 30.3 Å². The minimum Gasteiger partial charge on any atom is -0.502 e. The molecular weight excluding hydrogens is 455 g/mol. The van der Waals surface area contributed by atoms with Crippen molar-refractivity contribution in [3.05, 3.63) is 93.2 Å². The lowest BCUT2D eigenvalue weighted by Gasteiger charge is -2.27. The fraction of sp³-hybridized carbons (Fsp3) is 0.125. The maximum absolute atomic E-state index is 10.8. The Morgan fingerprint density at radius 1 is 1.00 bits per heavy atom. The van der Waals surface area contributed by atoms with Crippen molar-refractivity contribution in [1.29, 1.82) is 0 Å². The van der Waals surface area contributed by atoms with E-state index in [4.69, 9.17) is 42.5 Å². The first-order chi connectivity index (χ1) is 15.4. The minimum absolute atomic E-state index is 0.286. The molecule has 2 N–H and O–H groups in total. The number of aliphatic carboxylic acids is 1. The Morgan fingerprint density at radius 2 is 1.78 bits per heavy atom. The molecule has 32 heavy (non-hydrogen) atoms. The summed E-state index contributed by atoms with van der Waals surface area (Å²) in [5, 5.41) is 19.2. The topological polar surface area (TPSA) is 85.2 Å². The largest absolute Gasteiger partial charge is 0.502 e. The molecule has 0 saturated carbocycles. The summed E-state index contributed by atoms with van der Waals surface area (Å²) in [7, 11) is 0. The SMILES string of the molecule is O=C(O)/C(O)=C/c1ccc2c(c1)OC[C@H](c1ccc(OCc3ccc(Cl)c(Cl)c3)cc1)O2. The van der Waals surface area contributed by atoms with Crippen LogP contribution >= 0.6 is 23.2 Å². The zero-order chi connectivity index (χ0) is 22.7. The highest BCUT2D eigenvalue weighted by atomic mass is 35.5. The maximum Gasteiger partial charge on any atom is 0.370 e. The highest BCUT2D eigenvalue weighted by Gasteiger charge is 2.23. The Hall–Kier alpha value is -3.35. The van der Waals surface area contributed by atoms with Crippen LogP contribution in [0.25, 0.3) is 6.08 Å². The highest BCUT2D eigenvalue weighted by molar-refractivity contribution is 6.42. The molecule has 0 fully saturated rings. The van der Waals surface area contributed by atoms with Gasteiger partial charge in [0.05, 0.1) is 10.0 Å². The number of carbonyl (C=O) groups is 1. The predicted octanol–water partition coefficient (Wildman–Crippen LogP) is 6.07. The maximum atomic E-state index is 10.8. The standard InChI is InChI=1S/C24H18Cl2O6/c25-18-7-1-15(9-19(18)26)12-30-17-5-3-16(4-6-17)23-13-31-22-11-14(2-8-21(22)32-23)10-20(27)24(28)29/h1-11,23,27H,12-13H2,(H,28,29)/b20-10-/t23-/m1/s1. The molecule has 0 unspecified atom stereocenters. The number of benzene rings is 3. The smallest absolute Gasteiger partial charge is 0.370 e. The summed E-state index contributed by atoms with van der Waals surface area (Å²) in [6.07, 6.45) is 0.842. The number of hydrogen-bond acceptors (Lipinski definition) is 5. The van der Waals surface area contributed by atoms with E-state index in [1.807, 2.05) is 30.3 Å². The van der Waals surface area contributed by atoms with Gasteiger partial charge in [0, 0.05) is 0 Å². The summed E-state index contributed by atoms with van der Waals surface area (Å²) < 4.78 is 17.6. The van der Waals surface area contributed by atoms with Gasteiger partial charge in [-0.2, -0.15) is 0 Å². The van der Waals surface area contributed by atoms with Gasteiger partial charge >= 0.3 is 5.97 Å². The van der Waals surface area contributed by atoms with Crippen LogP contribution < -0.4 is 14.2 Å². The fourth-order valence-electron chi connectivity index (χ4n) is 3.14. The van der Waals surface area contributed by atoms with Gasteiger partial charge in [-0.1, -0.05) is 47.5 Å². The summed E-state index contributed by atoms with van der Waals surface area (Å²) in [6.45, 7) is 0.648. The van der Waals surface area contributed by atoms with E-state index in [0.717, 1.165) is 17.2 Å². The molecule has 3 aromatic carbocycles. The van der Waals surface area contributed by atoms with Crippen molar-refractivity contribution in [3.63, 3.8) is 0 Å². The van der Waals surface area contributed by atoms with Gasteiger partial charge in [0.2, 0.25) is 5.76 Å². The first-order valence-corrected chi connectivity index (χ1v) is 10.4. The number of ether oxygens (including phenoxy) is 3.